The van der Waals surface area contributed by atoms with Gasteiger partial charge in [-0.25, -0.2) is 0 Å². The van der Waals surface area contributed by atoms with Crippen LogP contribution in [0.15, 0.2) is 24.3 Å². The van der Waals surface area contributed by atoms with Crippen molar-refractivity contribution in [2.75, 3.05) is 13.2 Å². The number of hydrogen-bond donors (Lipinski definition) is 2. The molecule has 1 rings (SSSR count). The summed E-state index contributed by atoms with van der Waals surface area (Å²) in [5, 5.41) is 13.2. The van der Waals surface area contributed by atoms with Crippen LogP contribution in [-0.4, -0.2) is 30.0 Å². The van der Waals surface area contributed by atoms with E-state index in [1.807, 2.05) is 34.6 Å². The van der Waals surface area contributed by atoms with Crippen molar-refractivity contribution in [2.45, 2.75) is 58.5 Å². The van der Waals surface area contributed by atoms with E-state index in [4.69, 9.17) is 4.74 Å². The summed E-state index contributed by atoms with van der Waals surface area (Å²) in [6, 6.07) is 5.00. The molecule has 2 unspecified atom stereocenters. The highest BCUT2D eigenvalue weighted by atomic mass is 19.4. The first kappa shape index (κ1) is 20.9. The number of aliphatic hydroxyl groups excluding tert-OH is 1. The second-order valence-corrected chi connectivity index (χ2v) is 7.33. The van der Waals surface area contributed by atoms with Gasteiger partial charge in [-0.1, -0.05) is 26.0 Å². The molecular weight excluding hydrogens is 319 g/mol. The van der Waals surface area contributed by atoms with Gasteiger partial charge in [0.25, 0.3) is 0 Å². The summed E-state index contributed by atoms with van der Waals surface area (Å²) in [6.45, 7) is 10.2. The summed E-state index contributed by atoms with van der Waals surface area (Å²) in [4.78, 5) is 0. The second kappa shape index (κ2) is 8.32. The van der Waals surface area contributed by atoms with E-state index >= 15 is 0 Å². The number of alkyl halides is 3. The van der Waals surface area contributed by atoms with Crippen molar-refractivity contribution in [1.82, 2.24) is 5.32 Å². The smallest absolute Gasteiger partial charge is 0.389 e. The first-order valence-electron chi connectivity index (χ1n) is 8.12. The molecule has 3 nitrogen and oxygen atoms in total. The topological polar surface area (TPSA) is 41.5 Å². The molecule has 2 N–H and O–H groups in total. The minimum atomic E-state index is -4.33. The van der Waals surface area contributed by atoms with Crippen molar-refractivity contribution in [3.8, 4) is 0 Å². The summed E-state index contributed by atoms with van der Waals surface area (Å²) in [5.41, 5.74) is -0.222. The van der Waals surface area contributed by atoms with E-state index in [1.165, 1.54) is 12.1 Å². The predicted molar refractivity (Wildman–Crippen MR) is 88.7 cm³/mol. The fourth-order valence-corrected chi connectivity index (χ4v) is 2.29. The lowest BCUT2D eigenvalue weighted by atomic mass is 9.95. The molecule has 24 heavy (non-hydrogen) atoms. The zero-order valence-corrected chi connectivity index (χ0v) is 14.9. The van der Waals surface area contributed by atoms with Gasteiger partial charge in [-0.2, -0.15) is 13.2 Å². The lowest BCUT2D eigenvalue weighted by Crippen LogP contribution is -2.37. The van der Waals surface area contributed by atoms with Gasteiger partial charge >= 0.3 is 6.18 Å². The number of nitrogens with one attached hydrogen (secondary N) is 1. The number of aliphatic hydroxyl groups is 1. The molecule has 6 heteroatoms. The molecule has 0 saturated carbocycles. The molecule has 0 heterocycles. The number of benzene rings is 1. The molecule has 0 aliphatic rings. The average molecular weight is 347 g/mol. The van der Waals surface area contributed by atoms with E-state index in [0.29, 0.717) is 6.54 Å². The van der Waals surface area contributed by atoms with Gasteiger partial charge in [-0.05, 0) is 44.4 Å². The van der Waals surface area contributed by atoms with Gasteiger partial charge in [-0.15, -0.1) is 0 Å². The summed E-state index contributed by atoms with van der Waals surface area (Å²) in [6.07, 6.45) is -5.01. The fraction of sp³-hybridized carbons (Fsp3) is 0.667. The van der Waals surface area contributed by atoms with Crippen LogP contribution in [0.5, 0.6) is 0 Å². The second-order valence-electron chi connectivity index (χ2n) is 7.33. The summed E-state index contributed by atoms with van der Waals surface area (Å²) in [7, 11) is 0. The average Bonchev–Trinajstić information content (AvgIpc) is 2.44. The molecule has 0 radical (unpaired) electrons. The molecule has 2 atom stereocenters. The van der Waals surface area contributed by atoms with Crippen LogP contribution in [0.1, 0.15) is 51.8 Å². The summed E-state index contributed by atoms with van der Waals surface area (Å²) < 4.78 is 43.5. The van der Waals surface area contributed by atoms with Gasteiger partial charge in [0.15, 0.2) is 0 Å². The number of halogens is 3. The molecule has 1 aromatic rings. The third kappa shape index (κ3) is 7.20. The van der Waals surface area contributed by atoms with Crippen LogP contribution in [0, 0.1) is 5.92 Å². The molecule has 0 fully saturated rings. The van der Waals surface area contributed by atoms with Crippen LogP contribution in [0.25, 0.3) is 0 Å². The Labute approximate surface area is 142 Å². The summed E-state index contributed by atoms with van der Waals surface area (Å²) >= 11 is 0. The minimum Gasteiger partial charge on any atom is -0.389 e. The normalized spacial score (nSPS) is 15.6. The lowest BCUT2D eigenvalue weighted by molar-refractivity contribution is -0.137. The van der Waals surface area contributed by atoms with Gasteiger partial charge in [0.2, 0.25) is 0 Å². The van der Waals surface area contributed by atoms with Crippen LogP contribution in [0.3, 0.4) is 0 Å². The van der Waals surface area contributed by atoms with E-state index in [0.717, 1.165) is 17.7 Å². The Hall–Kier alpha value is -1.11. The van der Waals surface area contributed by atoms with Gasteiger partial charge in [0.1, 0.15) is 0 Å². The standard InChI is InChI=1S/C18H28F3NO2/c1-12(2)16(22-10-15(23)11-24-17(3,4)5)13-6-8-14(9-7-13)18(19,20)21/h6-9,12,15-16,22-23H,10-11H2,1-5H3. The zero-order chi connectivity index (χ0) is 18.5. The first-order chi connectivity index (χ1) is 10.9. The lowest BCUT2D eigenvalue weighted by Gasteiger charge is -2.26. The maximum absolute atomic E-state index is 12.7. The van der Waals surface area contributed by atoms with Crippen molar-refractivity contribution in [2.24, 2.45) is 5.92 Å². The quantitative estimate of drug-likeness (QED) is 0.778. The van der Waals surface area contributed by atoms with Crippen LogP contribution in [0.4, 0.5) is 13.2 Å². The largest absolute Gasteiger partial charge is 0.416 e. The van der Waals surface area contributed by atoms with Crippen LogP contribution >= 0.6 is 0 Å². The van der Waals surface area contributed by atoms with Crippen molar-refractivity contribution in [1.29, 1.82) is 0 Å². The molecule has 0 aliphatic heterocycles. The molecule has 0 bridgehead atoms. The minimum absolute atomic E-state index is 0.142. The number of hydrogen-bond acceptors (Lipinski definition) is 3. The van der Waals surface area contributed by atoms with Gasteiger partial charge in [-0.3, -0.25) is 0 Å². The molecule has 1 aromatic carbocycles. The van der Waals surface area contributed by atoms with Crippen molar-refractivity contribution in [3.05, 3.63) is 35.4 Å². The Morgan fingerprint density at radius 3 is 2.04 bits per heavy atom. The fourth-order valence-electron chi connectivity index (χ4n) is 2.29. The van der Waals surface area contributed by atoms with E-state index < -0.39 is 17.8 Å². The Bertz CT molecular complexity index is 492. The highest BCUT2D eigenvalue weighted by molar-refractivity contribution is 5.27. The van der Waals surface area contributed by atoms with E-state index in [2.05, 4.69) is 5.32 Å². The van der Waals surface area contributed by atoms with Gasteiger partial charge in [0.05, 0.1) is 23.9 Å². The van der Waals surface area contributed by atoms with Crippen LogP contribution < -0.4 is 5.32 Å². The Kier molecular flexibility index (Phi) is 7.25. The molecule has 0 saturated heterocycles. The molecule has 0 amide bonds. The number of rotatable bonds is 7. The molecule has 138 valence electrons. The van der Waals surface area contributed by atoms with Gasteiger partial charge in [0, 0.05) is 12.6 Å². The molecule has 0 spiro atoms. The Morgan fingerprint density at radius 2 is 1.62 bits per heavy atom. The highest BCUT2D eigenvalue weighted by Crippen LogP contribution is 2.31. The highest BCUT2D eigenvalue weighted by Gasteiger charge is 2.30. The Morgan fingerprint density at radius 1 is 1.08 bits per heavy atom. The molecule has 0 aromatic heterocycles. The first-order valence-corrected chi connectivity index (χ1v) is 8.12. The SMILES string of the molecule is CC(C)C(NCC(O)COC(C)(C)C)c1ccc(C(F)(F)F)cc1. The maximum atomic E-state index is 12.7. The third-order valence-electron chi connectivity index (χ3n) is 3.55. The molecular formula is C18H28F3NO2. The number of ether oxygens (including phenoxy) is 1. The van der Waals surface area contributed by atoms with Crippen LogP contribution in [-0.2, 0) is 10.9 Å². The maximum Gasteiger partial charge on any atom is 0.416 e. The third-order valence-corrected chi connectivity index (χ3v) is 3.55. The van der Waals surface area contributed by atoms with E-state index in [1.54, 1.807) is 0 Å². The predicted octanol–water partition coefficient (Wildman–Crippen LogP) is 4.17. The summed E-state index contributed by atoms with van der Waals surface area (Å²) in [5.74, 6) is 0.164. The molecule has 0 aliphatic carbocycles. The Balaban J connectivity index is 2.67. The van der Waals surface area contributed by atoms with Crippen LogP contribution in [0.2, 0.25) is 0 Å². The van der Waals surface area contributed by atoms with Gasteiger partial charge < -0.3 is 15.2 Å². The van der Waals surface area contributed by atoms with Crippen molar-refractivity contribution >= 4 is 0 Å². The van der Waals surface area contributed by atoms with E-state index in [9.17, 15) is 18.3 Å². The van der Waals surface area contributed by atoms with E-state index in [-0.39, 0.29) is 24.2 Å². The zero-order valence-electron chi connectivity index (χ0n) is 14.9. The van der Waals surface area contributed by atoms with Crippen molar-refractivity contribution in [3.63, 3.8) is 0 Å². The van der Waals surface area contributed by atoms with Crippen molar-refractivity contribution < 1.29 is 23.0 Å². The monoisotopic (exact) mass is 347 g/mol.